The molecule has 5 aliphatic carbocycles. The molecule has 9 atom stereocenters. The summed E-state index contributed by atoms with van der Waals surface area (Å²) in [6.07, 6.45) is 8.43. The van der Waals surface area contributed by atoms with Gasteiger partial charge in [0.05, 0.1) is 18.8 Å². The lowest BCUT2D eigenvalue weighted by atomic mass is 9.32. The molecule has 0 aromatic heterocycles. The summed E-state index contributed by atoms with van der Waals surface area (Å²) in [6, 6.07) is 0. The molecular weight excluding hydrogens is 326 g/mol. The number of ether oxygens (including phenoxy) is 1. The molecule has 5 saturated carbocycles. The molecule has 8 rings (SSSR count). The van der Waals surface area contributed by atoms with E-state index < -0.39 is 0 Å². The highest BCUT2D eigenvalue weighted by Gasteiger charge is 2.78. The molecule has 7 bridgehead atoms. The average molecular weight is 360 g/mol. The standard InChI is InChI=1S/C22H33NO3/c1-13-14-4-7-22(18(13)25)16(10-14)21-6-3-5-20(2)12-23(8-9-24)19(21)26-17(22)11-15(20)21/h14-19,24-25H,1,3-12H2,2H3/t14?,15-,16?,17?,18-,19?,20-,21?,22?/m1/s1. The maximum atomic E-state index is 11.3. The van der Waals surface area contributed by atoms with E-state index in [9.17, 15) is 10.2 Å². The number of fused-ring (bicyclic) bond motifs is 2. The molecular formula is C22H33NO3. The van der Waals surface area contributed by atoms with Crippen molar-refractivity contribution >= 4 is 0 Å². The van der Waals surface area contributed by atoms with Crippen LogP contribution in [0.3, 0.4) is 0 Å². The second-order valence-corrected chi connectivity index (χ2v) is 10.7. The van der Waals surface area contributed by atoms with Crippen molar-refractivity contribution in [2.24, 2.45) is 34.0 Å². The van der Waals surface area contributed by atoms with Gasteiger partial charge in [-0.15, -0.1) is 0 Å². The van der Waals surface area contributed by atoms with Gasteiger partial charge < -0.3 is 14.9 Å². The Balaban J connectivity index is 1.53. The number of likely N-dealkylation sites (tertiary alicyclic amines) is 1. The average Bonchev–Trinajstić information content (AvgIpc) is 2.63. The number of hydrogen-bond donors (Lipinski definition) is 2. The van der Waals surface area contributed by atoms with Gasteiger partial charge in [0, 0.05) is 23.9 Å². The molecule has 8 fully saturated rings. The predicted molar refractivity (Wildman–Crippen MR) is 98.2 cm³/mol. The lowest BCUT2D eigenvalue weighted by Gasteiger charge is -2.79. The normalized spacial score (nSPS) is 60.2. The third-order valence-electron chi connectivity index (χ3n) is 10.1. The number of hydrogen-bond acceptors (Lipinski definition) is 4. The highest BCUT2D eigenvalue weighted by molar-refractivity contribution is 5.32. The Labute approximate surface area is 156 Å². The fourth-order valence-corrected chi connectivity index (χ4v) is 9.30. The second-order valence-electron chi connectivity index (χ2n) is 10.7. The summed E-state index contributed by atoms with van der Waals surface area (Å²) in [5.41, 5.74) is 1.53. The van der Waals surface area contributed by atoms with Gasteiger partial charge in [0.15, 0.2) is 0 Å². The molecule has 3 heterocycles. The topological polar surface area (TPSA) is 52.9 Å². The van der Waals surface area contributed by atoms with Crippen LogP contribution in [0.1, 0.15) is 51.9 Å². The first kappa shape index (κ1) is 16.5. The monoisotopic (exact) mass is 359 g/mol. The molecule has 0 aromatic rings. The number of rotatable bonds is 2. The van der Waals surface area contributed by atoms with Crippen molar-refractivity contribution in [2.45, 2.75) is 70.3 Å². The summed E-state index contributed by atoms with van der Waals surface area (Å²) in [7, 11) is 0. The van der Waals surface area contributed by atoms with Crippen LogP contribution < -0.4 is 0 Å². The Bertz CT molecular complexity index is 666. The van der Waals surface area contributed by atoms with Crippen LogP contribution in [0.4, 0.5) is 0 Å². The van der Waals surface area contributed by atoms with Gasteiger partial charge in [0.2, 0.25) is 0 Å². The molecule has 4 nitrogen and oxygen atoms in total. The van der Waals surface area contributed by atoms with Crippen LogP contribution in [0.5, 0.6) is 0 Å². The molecule has 26 heavy (non-hydrogen) atoms. The van der Waals surface area contributed by atoms with Gasteiger partial charge in [-0.2, -0.15) is 0 Å². The summed E-state index contributed by atoms with van der Waals surface area (Å²) < 4.78 is 6.86. The lowest BCUT2D eigenvalue weighted by Crippen LogP contribution is -2.82. The smallest absolute Gasteiger partial charge is 0.117 e. The van der Waals surface area contributed by atoms with Crippen LogP contribution in [0.25, 0.3) is 0 Å². The fourth-order valence-electron chi connectivity index (χ4n) is 9.30. The SMILES string of the molecule is C=C1C2CCC3(C4C[C@H]5C6(CCC[C@]5(C)CN(CCO)C6O4)C3C2)[C@@H]1O. The van der Waals surface area contributed by atoms with Gasteiger partial charge in [-0.3, -0.25) is 4.90 Å². The molecule has 3 saturated heterocycles. The molecule has 0 radical (unpaired) electrons. The molecule has 2 spiro atoms. The third kappa shape index (κ3) is 1.57. The first-order chi connectivity index (χ1) is 12.5. The Morgan fingerprint density at radius 3 is 2.85 bits per heavy atom. The van der Waals surface area contributed by atoms with Gasteiger partial charge in [-0.05, 0) is 67.3 Å². The molecule has 4 heteroatoms. The number of β-amino-alcohol motifs (C(OH)–C–C–N with tert-alkyl or cyclic N) is 1. The zero-order valence-electron chi connectivity index (χ0n) is 16.0. The van der Waals surface area contributed by atoms with Crippen LogP contribution in [-0.4, -0.2) is 53.2 Å². The Hall–Kier alpha value is -0.420. The molecule has 144 valence electrons. The van der Waals surface area contributed by atoms with E-state index in [1.54, 1.807) is 0 Å². The molecule has 0 aromatic carbocycles. The van der Waals surface area contributed by atoms with Crippen molar-refractivity contribution in [3.8, 4) is 0 Å². The third-order valence-corrected chi connectivity index (χ3v) is 10.1. The maximum Gasteiger partial charge on any atom is 0.117 e. The fraction of sp³-hybridized carbons (Fsp3) is 0.909. The van der Waals surface area contributed by atoms with Crippen molar-refractivity contribution < 1.29 is 14.9 Å². The minimum atomic E-state index is -0.373. The van der Waals surface area contributed by atoms with E-state index in [1.807, 2.05) is 0 Å². The number of nitrogens with zero attached hydrogens (tertiary/aromatic N) is 1. The van der Waals surface area contributed by atoms with E-state index in [4.69, 9.17) is 4.74 Å². The predicted octanol–water partition coefficient (Wildman–Crippen LogP) is 2.55. The zero-order chi connectivity index (χ0) is 17.9. The van der Waals surface area contributed by atoms with Crippen LogP contribution in [-0.2, 0) is 4.74 Å². The Morgan fingerprint density at radius 1 is 1.19 bits per heavy atom. The van der Waals surface area contributed by atoms with E-state index in [2.05, 4.69) is 18.4 Å². The molecule has 8 aliphatic rings. The van der Waals surface area contributed by atoms with Gasteiger partial charge >= 0.3 is 0 Å². The molecule has 0 amide bonds. The van der Waals surface area contributed by atoms with Gasteiger partial charge in [-0.1, -0.05) is 19.9 Å². The largest absolute Gasteiger partial charge is 0.395 e. The van der Waals surface area contributed by atoms with E-state index in [1.165, 1.54) is 32.1 Å². The number of aliphatic hydroxyl groups excluding tert-OH is 2. The van der Waals surface area contributed by atoms with E-state index in [-0.39, 0.29) is 35.9 Å². The Kier molecular flexibility index (Phi) is 3.14. The summed E-state index contributed by atoms with van der Waals surface area (Å²) in [4.78, 5) is 2.47. The highest BCUT2D eigenvalue weighted by atomic mass is 16.5. The van der Waals surface area contributed by atoms with Gasteiger partial charge in [0.1, 0.15) is 6.23 Å². The van der Waals surface area contributed by atoms with E-state index >= 15 is 0 Å². The summed E-state index contributed by atoms with van der Waals surface area (Å²) >= 11 is 0. The van der Waals surface area contributed by atoms with Crippen LogP contribution in [0.15, 0.2) is 12.2 Å². The maximum absolute atomic E-state index is 11.3. The number of aliphatic hydroxyl groups is 2. The van der Waals surface area contributed by atoms with Crippen molar-refractivity contribution in [3.05, 3.63) is 12.2 Å². The number of piperidine rings is 1. The molecule has 6 unspecified atom stereocenters. The van der Waals surface area contributed by atoms with Crippen LogP contribution in [0.2, 0.25) is 0 Å². The van der Waals surface area contributed by atoms with Crippen molar-refractivity contribution in [2.75, 3.05) is 19.7 Å². The second kappa shape index (κ2) is 4.94. The van der Waals surface area contributed by atoms with Crippen molar-refractivity contribution in [1.29, 1.82) is 0 Å². The minimum absolute atomic E-state index is 0.0840. The first-order valence-corrected chi connectivity index (χ1v) is 10.8. The van der Waals surface area contributed by atoms with Crippen LogP contribution in [0, 0.1) is 34.0 Å². The molecule has 2 N–H and O–H groups in total. The highest BCUT2D eigenvalue weighted by Crippen LogP contribution is 2.78. The molecule has 3 aliphatic heterocycles. The minimum Gasteiger partial charge on any atom is -0.395 e. The van der Waals surface area contributed by atoms with Crippen LogP contribution >= 0.6 is 0 Å². The summed E-state index contributed by atoms with van der Waals surface area (Å²) in [6.45, 7) is 8.80. The van der Waals surface area contributed by atoms with Gasteiger partial charge in [-0.25, -0.2) is 0 Å². The van der Waals surface area contributed by atoms with Crippen molar-refractivity contribution in [1.82, 2.24) is 4.90 Å². The van der Waals surface area contributed by atoms with Gasteiger partial charge in [0.25, 0.3) is 0 Å². The summed E-state index contributed by atoms with van der Waals surface area (Å²) in [5.74, 6) is 1.79. The van der Waals surface area contributed by atoms with Crippen molar-refractivity contribution in [3.63, 3.8) is 0 Å². The van der Waals surface area contributed by atoms with E-state index in [0.717, 1.165) is 37.4 Å². The Morgan fingerprint density at radius 2 is 2.04 bits per heavy atom. The van der Waals surface area contributed by atoms with E-state index in [0.29, 0.717) is 17.3 Å². The lowest BCUT2D eigenvalue weighted by molar-refractivity contribution is -0.405. The zero-order valence-corrected chi connectivity index (χ0v) is 16.0. The quantitative estimate of drug-likeness (QED) is 0.744. The summed E-state index contributed by atoms with van der Waals surface area (Å²) in [5, 5.41) is 21.0. The first-order valence-electron chi connectivity index (χ1n) is 10.8.